The Morgan fingerprint density at radius 2 is 1.55 bits per heavy atom. The lowest BCUT2D eigenvalue weighted by atomic mass is 9.76. The van der Waals surface area contributed by atoms with Crippen molar-refractivity contribution < 1.29 is 4.79 Å². The van der Waals surface area contributed by atoms with Crippen molar-refractivity contribution in [2.75, 3.05) is 0 Å². The van der Waals surface area contributed by atoms with E-state index in [1.54, 1.807) is 0 Å². The molecule has 0 aliphatic heterocycles. The normalized spacial score (nSPS) is 20.6. The van der Waals surface area contributed by atoms with Crippen LogP contribution in [0, 0.1) is 0 Å². The second-order valence-corrected chi connectivity index (χ2v) is 6.28. The highest BCUT2D eigenvalue weighted by molar-refractivity contribution is 7.06. The maximum atomic E-state index is 13.1. The third-order valence-corrected chi connectivity index (χ3v) is 5.04. The lowest BCUT2D eigenvalue weighted by molar-refractivity contribution is -0.121. The number of aromatic nitrogens is 2. The van der Waals surface area contributed by atoms with Crippen LogP contribution in [0.4, 0.5) is 0 Å². The first-order valence-electron chi connectivity index (χ1n) is 7.29. The number of benzene rings is 2. The molecule has 3 aromatic rings. The van der Waals surface area contributed by atoms with Crippen LogP contribution in [0.2, 0.25) is 0 Å². The summed E-state index contributed by atoms with van der Waals surface area (Å²) < 4.78 is 4.08. The molecule has 0 bridgehead atoms. The van der Waals surface area contributed by atoms with Gasteiger partial charge in [-0.15, -0.1) is 5.10 Å². The fourth-order valence-electron chi connectivity index (χ4n) is 3.13. The van der Waals surface area contributed by atoms with Gasteiger partial charge in [-0.25, -0.2) is 0 Å². The van der Waals surface area contributed by atoms with Crippen LogP contribution in [0.1, 0.15) is 33.5 Å². The molecule has 0 amide bonds. The van der Waals surface area contributed by atoms with Gasteiger partial charge in [0.2, 0.25) is 0 Å². The summed E-state index contributed by atoms with van der Waals surface area (Å²) in [5.74, 6) is -0.131. The first-order chi connectivity index (χ1) is 10.8. The standard InChI is InChI=1S/C18H14N2OS/c21-17-14(12-7-3-1-4-8-12)11-15-18(22-20-19-15)16(17)13-9-5-2-6-10-13/h1-10,14,16H,11H2. The van der Waals surface area contributed by atoms with Gasteiger partial charge in [0.15, 0.2) is 5.78 Å². The molecule has 0 saturated heterocycles. The van der Waals surface area contributed by atoms with Crippen molar-refractivity contribution in [2.24, 2.45) is 0 Å². The van der Waals surface area contributed by atoms with Crippen LogP contribution in [0.25, 0.3) is 0 Å². The zero-order chi connectivity index (χ0) is 14.9. The molecule has 1 heterocycles. The third kappa shape index (κ3) is 2.16. The Hall–Kier alpha value is -2.33. The molecule has 0 N–H and O–H groups in total. The van der Waals surface area contributed by atoms with Gasteiger partial charge in [-0.3, -0.25) is 4.79 Å². The highest BCUT2D eigenvalue weighted by atomic mass is 32.1. The van der Waals surface area contributed by atoms with Crippen LogP contribution >= 0.6 is 11.5 Å². The van der Waals surface area contributed by atoms with E-state index in [2.05, 4.69) is 9.59 Å². The molecule has 4 heteroatoms. The van der Waals surface area contributed by atoms with Gasteiger partial charge in [-0.2, -0.15) is 0 Å². The lowest BCUT2D eigenvalue weighted by Crippen LogP contribution is -2.28. The Morgan fingerprint density at radius 1 is 0.909 bits per heavy atom. The van der Waals surface area contributed by atoms with Crippen molar-refractivity contribution in [3.63, 3.8) is 0 Å². The van der Waals surface area contributed by atoms with Crippen molar-refractivity contribution >= 4 is 17.3 Å². The van der Waals surface area contributed by atoms with Crippen LogP contribution < -0.4 is 0 Å². The van der Waals surface area contributed by atoms with E-state index in [4.69, 9.17) is 0 Å². The van der Waals surface area contributed by atoms with Crippen molar-refractivity contribution in [1.29, 1.82) is 0 Å². The Bertz CT molecular complexity index is 798. The van der Waals surface area contributed by atoms with Crippen molar-refractivity contribution in [3.05, 3.63) is 82.4 Å². The van der Waals surface area contributed by atoms with E-state index >= 15 is 0 Å². The summed E-state index contributed by atoms with van der Waals surface area (Å²) in [5, 5.41) is 4.26. The summed E-state index contributed by atoms with van der Waals surface area (Å²) in [6.07, 6.45) is 0.651. The molecule has 1 aliphatic rings. The average Bonchev–Trinajstić information content (AvgIpc) is 3.04. The molecule has 0 radical (unpaired) electrons. The van der Waals surface area contributed by atoms with E-state index in [-0.39, 0.29) is 17.6 Å². The van der Waals surface area contributed by atoms with Gasteiger partial charge in [0.05, 0.1) is 16.5 Å². The molecule has 22 heavy (non-hydrogen) atoms. The molecule has 108 valence electrons. The van der Waals surface area contributed by atoms with Gasteiger partial charge in [0, 0.05) is 12.3 Å². The molecule has 0 spiro atoms. The van der Waals surface area contributed by atoms with Crippen LogP contribution in [0.15, 0.2) is 60.7 Å². The largest absolute Gasteiger partial charge is 0.298 e. The molecule has 1 aliphatic carbocycles. The molecular formula is C18H14N2OS. The van der Waals surface area contributed by atoms with E-state index in [0.29, 0.717) is 6.42 Å². The number of nitrogens with zero attached hydrogens (tertiary/aromatic N) is 2. The van der Waals surface area contributed by atoms with E-state index in [1.807, 2.05) is 60.7 Å². The lowest BCUT2D eigenvalue weighted by Gasteiger charge is -2.27. The highest BCUT2D eigenvalue weighted by Gasteiger charge is 2.39. The monoisotopic (exact) mass is 306 g/mol. The van der Waals surface area contributed by atoms with Gasteiger partial charge >= 0.3 is 0 Å². The summed E-state index contributed by atoms with van der Waals surface area (Å²) in [7, 11) is 0. The zero-order valence-electron chi connectivity index (χ0n) is 11.8. The maximum Gasteiger partial charge on any atom is 0.153 e. The summed E-state index contributed by atoms with van der Waals surface area (Å²) in [6.45, 7) is 0. The van der Waals surface area contributed by atoms with E-state index in [9.17, 15) is 4.79 Å². The number of carbonyl (C=O) groups excluding carboxylic acids is 1. The Balaban J connectivity index is 1.83. The molecule has 2 atom stereocenters. The summed E-state index contributed by atoms with van der Waals surface area (Å²) in [6, 6.07) is 19.9. The summed E-state index contributed by atoms with van der Waals surface area (Å²) >= 11 is 1.35. The molecular weight excluding hydrogens is 292 g/mol. The first-order valence-corrected chi connectivity index (χ1v) is 8.06. The van der Waals surface area contributed by atoms with Crippen LogP contribution in [0.5, 0.6) is 0 Å². The van der Waals surface area contributed by atoms with E-state index in [1.165, 1.54) is 11.5 Å². The molecule has 3 nitrogen and oxygen atoms in total. The topological polar surface area (TPSA) is 42.9 Å². The molecule has 2 aromatic carbocycles. The van der Waals surface area contributed by atoms with Crippen LogP contribution in [0.3, 0.4) is 0 Å². The SMILES string of the molecule is O=C1C(c2ccccc2)Cc2nnsc2C1c1ccccc1. The molecule has 4 rings (SSSR count). The predicted molar refractivity (Wildman–Crippen MR) is 86.1 cm³/mol. The third-order valence-electron chi connectivity index (χ3n) is 4.21. The van der Waals surface area contributed by atoms with E-state index in [0.717, 1.165) is 21.7 Å². The van der Waals surface area contributed by atoms with Crippen LogP contribution in [-0.2, 0) is 11.2 Å². The second-order valence-electron chi connectivity index (χ2n) is 5.50. The Kier molecular flexibility index (Phi) is 3.31. The number of ketones is 1. The molecule has 1 aromatic heterocycles. The fraction of sp³-hybridized carbons (Fsp3) is 0.167. The number of rotatable bonds is 2. The molecule has 2 unspecified atom stereocenters. The van der Waals surface area contributed by atoms with Crippen molar-refractivity contribution in [1.82, 2.24) is 9.59 Å². The maximum absolute atomic E-state index is 13.1. The summed E-state index contributed by atoms with van der Waals surface area (Å²) in [4.78, 5) is 14.1. The molecule has 0 fully saturated rings. The minimum absolute atomic E-state index is 0.136. The van der Waals surface area contributed by atoms with Gasteiger partial charge in [-0.1, -0.05) is 65.2 Å². The van der Waals surface area contributed by atoms with E-state index < -0.39 is 0 Å². The van der Waals surface area contributed by atoms with Crippen LogP contribution in [-0.4, -0.2) is 15.4 Å². The molecule has 0 saturated carbocycles. The number of carbonyl (C=O) groups is 1. The fourth-order valence-corrected chi connectivity index (χ4v) is 3.94. The zero-order valence-corrected chi connectivity index (χ0v) is 12.7. The van der Waals surface area contributed by atoms with Crippen molar-refractivity contribution in [2.45, 2.75) is 18.3 Å². The van der Waals surface area contributed by atoms with Gasteiger partial charge in [0.25, 0.3) is 0 Å². The highest BCUT2D eigenvalue weighted by Crippen LogP contribution is 2.41. The summed E-state index contributed by atoms with van der Waals surface area (Å²) in [5.41, 5.74) is 3.06. The van der Waals surface area contributed by atoms with Gasteiger partial charge in [0.1, 0.15) is 0 Å². The number of hydrogen-bond acceptors (Lipinski definition) is 4. The predicted octanol–water partition coefficient (Wildman–Crippen LogP) is 3.58. The number of hydrogen-bond donors (Lipinski definition) is 0. The van der Waals surface area contributed by atoms with Gasteiger partial charge < -0.3 is 0 Å². The Labute approximate surface area is 132 Å². The first kappa shape index (κ1) is 13.3. The van der Waals surface area contributed by atoms with Crippen molar-refractivity contribution in [3.8, 4) is 0 Å². The minimum atomic E-state index is -0.241. The number of Topliss-reactive ketones (excluding diaryl/α,β-unsaturated/α-hetero) is 1. The minimum Gasteiger partial charge on any atom is -0.298 e. The average molecular weight is 306 g/mol. The quantitative estimate of drug-likeness (QED) is 0.727. The number of fused-ring (bicyclic) bond motifs is 1. The smallest absolute Gasteiger partial charge is 0.153 e. The second kappa shape index (κ2) is 5.46. The Morgan fingerprint density at radius 3 is 2.23 bits per heavy atom. The van der Waals surface area contributed by atoms with Gasteiger partial charge in [-0.05, 0) is 22.7 Å².